The van der Waals surface area contributed by atoms with E-state index in [9.17, 15) is 0 Å². The Hall–Kier alpha value is -4.20. The van der Waals surface area contributed by atoms with Crippen LogP contribution >= 0.6 is 0 Å². The number of nitrogens with two attached hydrogens (primary N) is 2. The summed E-state index contributed by atoms with van der Waals surface area (Å²) >= 11 is 0. The van der Waals surface area contributed by atoms with E-state index in [0.717, 1.165) is 66.0 Å². The SMILES string of the molecule is C=Cc1ccc(Cn2nc(CCCCCc3nc(N)n(Cc4ccc(C=C)cc4)n3)nc2N)cc1. The quantitative estimate of drug-likeness (QED) is 0.298. The number of nitrogens with zero attached hydrogens (tertiary/aromatic N) is 6. The molecule has 0 aliphatic carbocycles. The van der Waals surface area contributed by atoms with E-state index in [0.29, 0.717) is 25.0 Å². The first-order chi connectivity index (χ1) is 17.0. The molecule has 8 nitrogen and oxygen atoms in total. The molecule has 2 aromatic heterocycles. The predicted molar refractivity (Wildman–Crippen MR) is 141 cm³/mol. The third-order valence-corrected chi connectivity index (χ3v) is 5.88. The predicted octanol–water partition coefficient (Wildman–Crippen LogP) is 4.37. The van der Waals surface area contributed by atoms with E-state index < -0.39 is 0 Å². The summed E-state index contributed by atoms with van der Waals surface area (Å²) in [6.07, 6.45) is 8.20. The molecular formula is C27H32N8. The monoisotopic (exact) mass is 468 g/mol. The van der Waals surface area contributed by atoms with Gasteiger partial charge >= 0.3 is 0 Å². The summed E-state index contributed by atoms with van der Waals surface area (Å²) in [6.45, 7) is 8.77. The molecule has 0 aliphatic heterocycles. The van der Waals surface area contributed by atoms with Gasteiger partial charge in [-0.15, -0.1) is 0 Å². The number of aryl methyl sites for hydroxylation is 2. The van der Waals surface area contributed by atoms with Crippen molar-refractivity contribution in [3.05, 3.63) is 95.6 Å². The lowest BCUT2D eigenvalue weighted by Gasteiger charge is -2.03. The van der Waals surface area contributed by atoms with Crippen molar-refractivity contribution < 1.29 is 0 Å². The smallest absolute Gasteiger partial charge is 0.219 e. The molecule has 0 atom stereocenters. The summed E-state index contributed by atoms with van der Waals surface area (Å²) in [5.41, 5.74) is 16.6. The number of rotatable bonds is 12. The van der Waals surface area contributed by atoms with Gasteiger partial charge in [0, 0.05) is 12.8 Å². The number of nitrogen functional groups attached to an aromatic ring is 2. The number of anilines is 2. The van der Waals surface area contributed by atoms with Crippen LogP contribution in [0.5, 0.6) is 0 Å². The van der Waals surface area contributed by atoms with Crippen LogP contribution in [0.2, 0.25) is 0 Å². The summed E-state index contributed by atoms with van der Waals surface area (Å²) in [4.78, 5) is 8.85. The van der Waals surface area contributed by atoms with Gasteiger partial charge in [-0.2, -0.15) is 20.2 Å². The van der Waals surface area contributed by atoms with E-state index >= 15 is 0 Å². The average Bonchev–Trinajstić information content (AvgIpc) is 3.40. The first-order valence-corrected chi connectivity index (χ1v) is 11.8. The van der Waals surface area contributed by atoms with Gasteiger partial charge in [0.1, 0.15) is 0 Å². The molecule has 4 N–H and O–H groups in total. The Morgan fingerprint density at radius 2 is 1.03 bits per heavy atom. The highest BCUT2D eigenvalue weighted by Crippen LogP contribution is 2.13. The Bertz CT molecular complexity index is 1170. The van der Waals surface area contributed by atoms with Crippen LogP contribution in [0.1, 0.15) is 53.2 Å². The number of hydrogen-bond acceptors (Lipinski definition) is 6. The molecule has 35 heavy (non-hydrogen) atoms. The number of benzene rings is 2. The van der Waals surface area contributed by atoms with Crippen LogP contribution in [-0.4, -0.2) is 29.5 Å². The first kappa shape index (κ1) is 23.9. The summed E-state index contributed by atoms with van der Waals surface area (Å²) in [7, 11) is 0. The highest BCUT2D eigenvalue weighted by atomic mass is 15.4. The first-order valence-electron chi connectivity index (χ1n) is 11.8. The molecule has 4 rings (SSSR count). The lowest BCUT2D eigenvalue weighted by Crippen LogP contribution is -2.06. The lowest BCUT2D eigenvalue weighted by molar-refractivity contribution is 0.624. The zero-order valence-corrected chi connectivity index (χ0v) is 20.0. The van der Waals surface area contributed by atoms with Crippen LogP contribution in [0.15, 0.2) is 61.7 Å². The second kappa shape index (κ2) is 11.3. The van der Waals surface area contributed by atoms with E-state index in [1.807, 2.05) is 36.4 Å². The van der Waals surface area contributed by atoms with E-state index in [2.05, 4.69) is 57.6 Å². The summed E-state index contributed by atoms with van der Waals surface area (Å²) < 4.78 is 3.51. The van der Waals surface area contributed by atoms with Crippen LogP contribution in [0, 0.1) is 0 Å². The minimum Gasteiger partial charge on any atom is -0.368 e. The maximum atomic E-state index is 6.08. The standard InChI is InChI=1S/C27H32N8/c1-3-20-10-14-22(15-11-20)18-34-26(28)30-24(32-34)8-6-5-7-9-25-31-27(29)35(33-25)19-23-16-12-21(4-2)13-17-23/h3-4,10-17H,1-2,5-9,18-19H2,(H2,28,30,32)(H2,29,31,33). The molecule has 2 heterocycles. The normalized spacial score (nSPS) is 11.0. The van der Waals surface area contributed by atoms with E-state index in [-0.39, 0.29) is 0 Å². The van der Waals surface area contributed by atoms with Crippen molar-refractivity contribution in [1.82, 2.24) is 29.5 Å². The van der Waals surface area contributed by atoms with Gasteiger partial charge in [0.15, 0.2) is 11.6 Å². The fourth-order valence-corrected chi connectivity index (χ4v) is 3.86. The second-order valence-corrected chi connectivity index (χ2v) is 8.54. The molecule has 0 saturated heterocycles. The van der Waals surface area contributed by atoms with Crippen LogP contribution in [0.4, 0.5) is 11.9 Å². The molecular weight excluding hydrogens is 436 g/mol. The minimum absolute atomic E-state index is 0.442. The van der Waals surface area contributed by atoms with Crippen LogP contribution < -0.4 is 11.5 Å². The van der Waals surface area contributed by atoms with E-state index in [1.165, 1.54) is 0 Å². The molecule has 2 aromatic carbocycles. The Morgan fingerprint density at radius 3 is 1.40 bits per heavy atom. The molecule has 0 unspecified atom stereocenters. The van der Waals surface area contributed by atoms with Crippen molar-refractivity contribution in [3.8, 4) is 0 Å². The van der Waals surface area contributed by atoms with E-state index in [1.54, 1.807) is 9.36 Å². The maximum absolute atomic E-state index is 6.08. The van der Waals surface area contributed by atoms with Crippen molar-refractivity contribution in [2.75, 3.05) is 11.5 Å². The molecule has 0 amide bonds. The lowest BCUT2D eigenvalue weighted by atomic mass is 10.1. The number of hydrogen-bond donors (Lipinski definition) is 2. The van der Waals surface area contributed by atoms with Gasteiger partial charge < -0.3 is 11.5 Å². The third-order valence-electron chi connectivity index (χ3n) is 5.88. The molecule has 180 valence electrons. The van der Waals surface area contributed by atoms with Crippen molar-refractivity contribution in [2.45, 2.75) is 45.2 Å². The van der Waals surface area contributed by atoms with Gasteiger partial charge in [-0.1, -0.05) is 80.3 Å². The molecule has 0 bridgehead atoms. The molecule has 0 spiro atoms. The number of aromatic nitrogens is 6. The van der Waals surface area contributed by atoms with Crippen molar-refractivity contribution in [1.29, 1.82) is 0 Å². The highest BCUT2D eigenvalue weighted by Gasteiger charge is 2.10. The van der Waals surface area contributed by atoms with Crippen LogP contribution in [0.25, 0.3) is 12.2 Å². The Labute approximate surface area is 206 Å². The zero-order valence-electron chi connectivity index (χ0n) is 20.0. The second-order valence-electron chi connectivity index (χ2n) is 8.54. The molecule has 8 heteroatoms. The van der Waals surface area contributed by atoms with Crippen LogP contribution in [0.3, 0.4) is 0 Å². The molecule has 0 saturated carbocycles. The largest absolute Gasteiger partial charge is 0.368 e. The van der Waals surface area contributed by atoms with Crippen molar-refractivity contribution in [3.63, 3.8) is 0 Å². The Balaban J connectivity index is 1.21. The molecule has 4 aromatic rings. The Kier molecular flexibility index (Phi) is 7.72. The molecule has 0 radical (unpaired) electrons. The fraction of sp³-hybridized carbons (Fsp3) is 0.259. The van der Waals surface area contributed by atoms with Gasteiger partial charge in [0.25, 0.3) is 0 Å². The molecule has 0 fully saturated rings. The van der Waals surface area contributed by atoms with Crippen molar-refractivity contribution in [2.24, 2.45) is 0 Å². The Morgan fingerprint density at radius 1 is 0.629 bits per heavy atom. The summed E-state index contributed by atoms with van der Waals surface area (Å²) in [5, 5.41) is 9.16. The van der Waals surface area contributed by atoms with Gasteiger partial charge in [0.05, 0.1) is 13.1 Å². The maximum Gasteiger partial charge on any atom is 0.219 e. The fourth-order valence-electron chi connectivity index (χ4n) is 3.86. The van der Waals surface area contributed by atoms with Gasteiger partial charge in [-0.25, -0.2) is 9.36 Å². The van der Waals surface area contributed by atoms with Crippen LogP contribution in [-0.2, 0) is 25.9 Å². The summed E-state index contributed by atoms with van der Waals surface area (Å²) in [5.74, 6) is 2.44. The van der Waals surface area contributed by atoms with Gasteiger partial charge in [-0.3, -0.25) is 0 Å². The zero-order chi connectivity index (χ0) is 24.6. The average molecular weight is 469 g/mol. The number of unbranched alkanes of at least 4 members (excludes halogenated alkanes) is 2. The third kappa shape index (κ3) is 6.44. The topological polar surface area (TPSA) is 113 Å². The van der Waals surface area contributed by atoms with E-state index in [4.69, 9.17) is 11.5 Å². The minimum atomic E-state index is 0.442. The molecule has 0 aliphatic rings. The van der Waals surface area contributed by atoms with Gasteiger partial charge in [-0.05, 0) is 35.1 Å². The summed E-state index contributed by atoms with van der Waals surface area (Å²) in [6, 6.07) is 16.3. The highest BCUT2D eigenvalue weighted by molar-refractivity contribution is 5.48. The van der Waals surface area contributed by atoms with Gasteiger partial charge in [0.2, 0.25) is 11.9 Å². The van der Waals surface area contributed by atoms with Crippen molar-refractivity contribution >= 4 is 24.0 Å².